The Labute approximate surface area is 210 Å². The van der Waals surface area contributed by atoms with E-state index in [2.05, 4.69) is 5.32 Å². The van der Waals surface area contributed by atoms with E-state index in [0.29, 0.717) is 24.2 Å². The standard InChI is InChI=1S/C25H29N3O6.ClH/c1-2-3-22(29)33-15-34-23(30)13-19-12-20(28-25(19)31)14-32-21-10-8-17(9-11-21)16-4-6-18(7-5-16)24(26)27;/h4-11,19-20H,2-3,12-15H2,1H3,(H3,26,27)(H,28,31);1H/t19-,20-;/m0./s1. The van der Waals surface area contributed by atoms with Crippen molar-refractivity contribution in [2.24, 2.45) is 11.7 Å². The summed E-state index contributed by atoms with van der Waals surface area (Å²) >= 11 is 0. The molecule has 4 N–H and O–H groups in total. The largest absolute Gasteiger partial charge is 0.491 e. The smallest absolute Gasteiger partial charge is 0.309 e. The molecule has 1 fully saturated rings. The molecule has 188 valence electrons. The molecule has 0 radical (unpaired) electrons. The lowest BCUT2D eigenvalue weighted by molar-refractivity contribution is -0.168. The molecule has 0 bridgehead atoms. The van der Waals surface area contributed by atoms with Gasteiger partial charge in [0.25, 0.3) is 0 Å². The summed E-state index contributed by atoms with van der Waals surface area (Å²) in [6.07, 6.45) is 1.29. The van der Waals surface area contributed by atoms with Gasteiger partial charge in [-0.2, -0.15) is 0 Å². The molecule has 1 heterocycles. The van der Waals surface area contributed by atoms with Gasteiger partial charge in [0.2, 0.25) is 12.7 Å². The number of rotatable bonds is 11. The molecule has 2 atom stereocenters. The summed E-state index contributed by atoms with van der Waals surface area (Å²) in [4.78, 5) is 35.4. The number of ether oxygens (including phenoxy) is 3. The average Bonchev–Trinajstić information content (AvgIpc) is 3.17. The molecule has 1 saturated heterocycles. The second-order valence-corrected chi connectivity index (χ2v) is 8.07. The van der Waals surface area contributed by atoms with Crippen molar-refractivity contribution in [1.29, 1.82) is 5.41 Å². The fourth-order valence-electron chi connectivity index (χ4n) is 3.59. The molecule has 1 aliphatic rings. The number of nitrogens with one attached hydrogen (secondary N) is 2. The molecule has 1 amide bonds. The van der Waals surface area contributed by atoms with Crippen LogP contribution in [0.5, 0.6) is 5.75 Å². The van der Waals surface area contributed by atoms with E-state index in [0.717, 1.165) is 11.1 Å². The van der Waals surface area contributed by atoms with Gasteiger partial charge in [-0.3, -0.25) is 19.8 Å². The number of amidine groups is 1. The Bertz CT molecular complexity index is 1030. The van der Waals surface area contributed by atoms with Crippen LogP contribution in [0.15, 0.2) is 48.5 Å². The Balaban J connectivity index is 0.00000432. The van der Waals surface area contributed by atoms with Gasteiger partial charge in [-0.1, -0.05) is 43.3 Å². The minimum absolute atomic E-state index is 0. The highest BCUT2D eigenvalue weighted by Gasteiger charge is 2.34. The molecule has 0 spiro atoms. The zero-order valence-electron chi connectivity index (χ0n) is 19.5. The highest BCUT2D eigenvalue weighted by molar-refractivity contribution is 5.95. The lowest BCUT2D eigenvalue weighted by atomic mass is 10.0. The molecule has 10 heteroatoms. The van der Waals surface area contributed by atoms with Gasteiger partial charge in [0.1, 0.15) is 18.2 Å². The maximum absolute atomic E-state index is 12.2. The zero-order valence-corrected chi connectivity index (χ0v) is 20.3. The maximum Gasteiger partial charge on any atom is 0.309 e. The number of amides is 1. The summed E-state index contributed by atoms with van der Waals surface area (Å²) in [5.74, 6) is -1.05. The van der Waals surface area contributed by atoms with Crippen molar-refractivity contribution in [3.05, 3.63) is 54.1 Å². The van der Waals surface area contributed by atoms with E-state index >= 15 is 0 Å². The van der Waals surface area contributed by atoms with E-state index in [1.165, 1.54) is 0 Å². The molecular formula is C25H30ClN3O6. The number of nitrogens with two attached hydrogens (primary N) is 1. The Morgan fingerprint density at radius 2 is 1.63 bits per heavy atom. The molecule has 0 aromatic heterocycles. The summed E-state index contributed by atoms with van der Waals surface area (Å²) in [5, 5.41) is 10.3. The van der Waals surface area contributed by atoms with Crippen LogP contribution in [-0.2, 0) is 23.9 Å². The number of benzene rings is 2. The lowest BCUT2D eigenvalue weighted by Crippen LogP contribution is -2.31. The van der Waals surface area contributed by atoms with Gasteiger partial charge in [0.15, 0.2) is 0 Å². The van der Waals surface area contributed by atoms with E-state index in [9.17, 15) is 14.4 Å². The molecule has 0 aliphatic carbocycles. The van der Waals surface area contributed by atoms with Crippen LogP contribution in [0.1, 0.15) is 38.2 Å². The van der Waals surface area contributed by atoms with Crippen LogP contribution in [0.3, 0.4) is 0 Å². The van der Waals surface area contributed by atoms with Gasteiger partial charge in [-0.05, 0) is 36.1 Å². The minimum Gasteiger partial charge on any atom is -0.491 e. The number of halogens is 1. The second-order valence-electron chi connectivity index (χ2n) is 8.07. The van der Waals surface area contributed by atoms with E-state index in [1.807, 2.05) is 43.3 Å². The quantitative estimate of drug-likeness (QED) is 0.185. The van der Waals surface area contributed by atoms with Crippen molar-refractivity contribution < 1.29 is 28.6 Å². The van der Waals surface area contributed by atoms with Crippen LogP contribution in [0.2, 0.25) is 0 Å². The topological polar surface area (TPSA) is 141 Å². The zero-order chi connectivity index (χ0) is 24.5. The van der Waals surface area contributed by atoms with Crippen LogP contribution in [-0.4, -0.2) is 43.1 Å². The first-order chi connectivity index (χ1) is 16.4. The molecule has 9 nitrogen and oxygen atoms in total. The van der Waals surface area contributed by atoms with Gasteiger partial charge in [0, 0.05) is 12.0 Å². The van der Waals surface area contributed by atoms with Crippen LogP contribution in [0.25, 0.3) is 11.1 Å². The molecule has 35 heavy (non-hydrogen) atoms. The first kappa shape index (κ1) is 27.7. The Kier molecular flexibility index (Phi) is 10.5. The third kappa shape index (κ3) is 8.29. The fourth-order valence-corrected chi connectivity index (χ4v) is 3.59. The Morgan fingerprint density at radius 3 is 2.23 bits per heavy atom. The van der Waals surface area contributed by atoms with E-state index in [4.69, 9.17) is 25.4 Å². The second kappa shape index (κ2) is 13.3. The van der Waals surface area contributed by atoms with Crippen molar-refractivity contribution in [3.63, 3.8) is 0 Å². The van der Waals surface area contributed by atoms with Gasteiger partial charge in [-0.25, -0.2) is 0 Å². The average molecular weight is 504 g/mol. The van der Waals surface area contributed by atoms with E-state index < -0.39 is 24.6 Å². The predicted octanol–water partition coefficient (Wildman–Crippen LogP) is 3.18. The first-order valence-electron chi connectivity index (χ1n) is 11.1. The summed E-state index contributed by atoms with van der Waals surface area (Å²) in [6.45, 7) is 1.69. The Morgan fingerprint density at radius 1 is 1.03 bits per heavy atom. The van der Waals surface area contributed by atoms with Crippen molar-refractivity contribution in [2.75, 3.05) is 13.4 Å². The molecule has 0 unspecified atom stereocenters. The summed E-state index contributed by atoms with van der Waals surface area (Å²) in [7, 11) is 0. The van der Waals surface area contributed by atoms with E-state index in [1.54, 1.807) is 12.1 Å². The van der Waals surface area contributed by atoms with Crippen LogP contribution >= 0.6 is 12.4 Å². The third-order valence-electron chi connectivity index (χ3n) is 5.43. The summed E-state index contributed by atoms with van der Waals surface area (Å²) in [5.41, 5.74) is 8.15. The molecule has 0 saturated carbocycles. The van der Waals surface area contributed by atoms with Crippen molar-refractivity contribution in [2.45, 2.75) is 38.6 Å². The number of hydrogen-bond acceptors (Lipinski definition) is 7. The number of esters is 2. The maximum atomic E-state index is 12.2. The van der Waals surface area contributed by atoms with Gasteiger partial charge < -0.3 is 25.3 Å². The molecule has 2 aromatic rings. The SMILES string of the molecule is CCCC(=O)OCOC(=O)C[C@@H]1C[C@@H](COc2ccc(-c3ccc(C(=N)N)cc3)cc2)NC1=O.Cl. The van der Waals surface area contributed by atoms with Crippen molar-refractivity contribution >= 4 is 36.1 Å². The van der Waals surface area contributed by atoms with Gasteiger partial charge in [-0.15, -0.1) is 12.4 Å². The molecule has 3 rings (SSSR count). The van der Waals surface area contributed by atoms with Crippen LogP contribution in [0.4, 0.5) is 0 Å². The third-order valence-corrected chi connectivity index (χ3v) is 5.43. The monoisotopic (exact) mass is 503 g/mol. The van der Waals surface area contributed by atoms with E-state index in [-0.39, 0.29) is 49.6 Å². The molecule has 1 aliphatic heterocycles. The Hall–Kier alpha value is -3.59. The van der Waals surface area contributed by atoms with Crippen LogP contribution in [0, 0.1) is 11.3 Å². The summed E-state index contributed by atoms with van der Waals surface area (Å²) in [6, 6.07) is 14.7. The number of hydrogen-bond donors (Lipinski definition) is 3. The highest BCUT2D eigenvalue weighted by atomic mass is 35.5. The van der Waals surface area contributed by atoms with Crippen LogP contribution < -0.4 is 15.8 Å². The normalized spacial score (nSPS) is 16.5. The molecular weight excluding hydrogens is 474 g/mol. The number of nitrogen functional groups attached to an aromatic ring is 1. The highest BCUT2D eigenvalue weighted by Crippen LogP contribution is 2.24. The first-order valence-corrected chi connectivity index (χ1v) is 11.1. The fraction of sp³-hybridized carbons (Fsp3) is 0.360. The summed E-state index contributed by atoms with van der Waals surface area (Å²) < 4.78 is 15.5. The number of carbonyl (C=O) groups is 3. The number of carbonyl (C=O) groups excluding carboxylic acids is 3. The van der Waals surface area contributed by atoms with Gasteiger partial charge >= 0.3 is 11.9 Å². The van der Waals surface area contributed by atoms with Crippen molar-refractivity contribution in [1.82, 2.24) is 5.32 Å². The van der Waals surface area contributed by atoms with Crippen molar-refractivity contribution in [3.8, 4) is 16.9 Å². The predicted molar refractivity (Wildman–Crippen MR) is 132 cm³/mol. The lowest BCUT2D eigenvalue weighted by Gasteiger charge is -2.12. The van der Waals surface area contributed by atoms with Gasteiger partial charge in [0.05, 0.1) is 18.4 Å². The minimum atomic E-state index is -0.585. The molecule has 2 aromatic carbocycles.